The summed E-state index contributed by atoms with van der Waals surface area (Å²) in [5.41, 5.74) is 3.57. The van der Waals surface area contributed by atoms with E-state index in [9.17, 15) is 43.4 Å². The van der Waals surface area contributed by atoms with Crippen molar-refractivity contribution < 1.29 is 71.5 Å². The number of halogens is 3. The zero-order valence-corrected chi connectivity index (χ0v) is 46.1. The number of carbonyl (C=O) groups is 4. The monoisotopic (exact) mass is 1150 g/mol. The van der Waals surface area contributed by atoms with Crippen LogP contribution in [0.15, 0.2) is 103 Å². The molecule has 0 spiro atoms. The maximum absolute atomic E-state index is 15.4. The van der Waals surface area contributed by atoms with Gasteiger partial charge in [0.05, 0.1) is 25.7 Å². The quantitative estimate of drug-likeness (QED) is 0.0148. The molecule has 2 aliphatic heterocycles. The fraction of sp³-hybridized carbons (Fsp3) is 0.424. The van der Waals surface area contributed by atoms with Crippen molar-refractivity contribution in [1.82, 2.24) is 14.7 Å². The summed E-state index contributed by atoms with van der Waals surface area (Å²) in [6, 6.07) is 26.4. The average molecular weight is 1150 g/mol. The third-order valence-corrected chi connectivity index (χ3v) is 16.2. The van der Waals surface area contributed by atoms with E-state index in [1.165, 1.54) is 18.2 Å². The van der Waals surface area contributed by atoms with E-state index in [0.717, 1.165) is 47.2 Å². The Kier molecular flexibility index (Phi) is 18.3. The fourth-order valence-electron chi connectivity index (χ4n) is 12.0. The number of ether oxygens (including phenoxy) is 5. The van der Waals surface area contributed by atoms with Gasteiger partial charge in [-0.05, 0) is 128 Å². The highest BCUT2D eigenvalue weighted by atomic mass is 35.5. The number of likely N-dealkylation sites (tertiary alicyclic amines) is 2. The summed E-state index contributed by atoms with van der Waals surface area (Å²) in [7, 11) is 1.60. The van der Waals surface area contributed by atoms with Crippen molar-refractivity contribution in [2.45, 2.75) is 116 Å². The first kappa shape index (κ1) is 58.4. The van der Waals surface area contributed by atoms with Gasteiger partial charge in [-0.15, -0.1) is 20.2 Å². The van der Waals surface area contributed by atoms with Gasteiger partial charge < -0.3 is 43.2 Å². The zero-order valence-electron chi connectivity index (χ0n) is 45.4. The largest absolute Gasteiger partial charge is 0.514 e. The molecule has 0 radical (unpaired) electrons. The minimum atomic E-state index is -0.978. The lowest BCUT2D eigenvalue weighted by Crippen LogP contribution is -2.75. The molecule has 4 fully saturated rings. The van der Waals surface area contributed by atoms with Crippen LogP contribution in [0, 0.1) is 56.0 Å². The second-order valence-corrected chi connectivity index (χ2v) is 21.7. The number of hydrogen-bond donors (Lipinski definition) is 0. The van der Waals surface area contributed by atoms with Gasteiger partial charge in [0, 0.05) is 55.9 Å². The number of nitrogens with zero attached hydrogens (tertiary/aromatic N) is 5. The van der Waals surface area contributed by atoms with E-state index in [2.05, 4.69) is 9.68 Å². The number of fused-ring (bicyclic) bond motifs is 1. The van der Waals surface area contributed by atoms with Gasteiger partial charge in [-0.3, -0.25) is 14.5 Å². The van der Waals surface area contributed by atoms with E-state index >= 15 is 4.79 Å². The Morgan fingerprint density at radius 2 is 1.41 bits per heavy atom. The van der Waals surface area contributed by atoms with E-state index in [1.807, 2.05) is 61.2 Å². The molecular formula is C59H62ClF2N5O15. The Balaban J connectivity index is 0.970. The van der Waals surface area contributed by atoms with Gasteiger partial charge >= 0.3 is 12.2 Å². The first-order chi connectivity index (χ1) is 39.4. The number of aryl methyl sites for hydroxylation is 2. The summed E-state index contributed by atoms with van der Waals surface area (Å²) in [4.78, 5) is 94.1. The number of hydrogen-bond acceptors (Lipinski definition) is 15. The van der Waals surface area contributed by atoms with Crippen LogP contribution < -0.4 is 18.9 Å². The molecule has 0 N–H and O–H groups in total. The summed E-state index contributed by atoms with van der Waals surface area (Å²) in [6.07, 6.45) is 1.78. The standard InChI is InChI=1S/C59H62ClF2N5O15/c1-36-27-40(16-21-50(36)76-3)33-64(44-17-18-44)55(68)37(2)54-59(31-39-14-12-38(13-15-39)9-6-26-77-53-49(62)20-19-48(61)52(53)60)32-43(30-51(59)65(54)57(70)80-46-10-4-7-41(28-46)34-78-66(72)73)56(69)63-24-22-45(23-25-63)81-58(71)82-47-11-5-8-42(29-47)35-79-67(74)75/h4-5,7-8,10-16,19-21,27-29,37,43-45,51,54H,6,9,17-18,22-26,30-35H2,1-3H3. The lowest BCUT2D eigenvalue weighted by Gasteiger charge is -2.62. The molecule has 3 amide bonds. The Morgan fingerprint density at radius 3 is 2.04 bits per heavy atom. The minimum absolute atomic E-state index is 0.0304. The number of amides is 3. The number of methoxy groups -OCH3 is 1. The molecule has 2 aliphatic carbocycles. The third kappa shape index (κ3) is 13.7. The van der Waals surface area contributed by atoms with Gasteiger partial charge in [0.15, 0.2) is 11.6 Å². The first-order valence-electron chi connectivity index (χ1n) is 27.1. The topological polar surface area (TPSA) is 229 Å². The highest BCUT2D eigenvalue weighted by Gasteiger charge is 2.70. The van der Waals surface area contributed by atoms with Crippen LogP contribution in [0.4, 0.5) is 18.4 Å². The minimum Gasteiger partial charge on any atom is -0.496 e. The molecule has 2 heterocycles. The molecule has 2 saturated carbocycles. The Labute approximate surface area is 476 Å². The van der Waals surface area contributed by atoms with Crippen molar-refractivity contribution in [3.05, 3.63) is 173 Å². The van der Waals surface area contributed by atoms with Gasteiger partial charge in [0.25, 0.3) is 10.2 Å². The van der Waals surface area contributed by atoms with Crippen molar-refractivity contribution in [3.8, 4) is 23.0 Å². The van der Waals surface area contributed by atoms with Crippen LogP contribution in [0.2, 0.25) is 5.02 Å². The van der Waals surface area contributed by atoms with E-state index in [-0.39, 0.29) is 74.4 Å². The van der Waals surface area contributed by atoms with Crippen LogP contribution >= 0.6 is 11.6 Å². The molecule has 20 nitrogen and oxygen atoms in total. The molecule has 5 aromatic rings. The predicted molar refractivity (Wildman–Crippen MR) is 290 cm³/mol. The smallest absolute Gasteiger partial charge is 0.496 e. The van der Waals surface area contributed by atoms with Gasteiger partial charge in [-0.1, -0.05) is 79.2 Å². The van der Waals surface area contributed by atoms with Crippen LogP contribution in [0.25, 0.3) is 0 Å². The van der Waals surface area contributed by atoms with Crippen LogP contribution in [-0.4, -0.2) is 100.0 Å². The number of carbonyl (C=O) groups excluding carboxylic acids is 4. The SMILES string of the molecule is COc1ccc(CN(C(=O)C(C)C2N(C(=O)Oc3cccc(CO[N+](=O)[O-])c3)C3CC(C(=O)N4CCC(OC(=O)Oc5cccc(CO[N+](=O)[O-])c5)CC4)CC32Cc2ccc(CCCOc3c(F)ccc(F)c3Cl)cc2)C2CC2)cc1C. The normalized spacial score (nSPS) is 19.7. The number of benzene rings is 5. The summed E-state index contributed by atoms with van der Waals surface area (Å²) in [6.45, 7) is 3.91. The van der Waals surface area contributed by atoms with Crippen LogP contribution in [0.3, 0.4) is 0 Å². The Hall–Kier alpha value is -8.27. The number of piperidine rings is 1. The summed E-state index contributed by atoms with van der Waals surface area (Å²) in [5.74, 6) is -2.74. The van der Waals surface area contributed by atoms with Crippen LogP contribution in [0.1, 0.15) is 85.3 Å². The molecule has 5 atom stereocenters. The average Bonchev–Trinajstić information content (AvgIpc) is 1.59. The van der Waals surface area contributed by atoms with Crippen molar-refractivity contribution in [2.75, 3.05) is 26.8 Å². The van der Waals surface area contributed by atoms with E-state index in [0.29, 0.717) is 61.9 Å². The Bertz CT molecular complexity index is 3180. The molecule has 2 saturated heterocycles. The highest BCUT2D eigenvalue weighted by molar-refractivity contribution is 6.32. The molecule has 23 heteroatoms. The van der Waals surface area contributed by atoms with E-state index < -0.39 is 74.5 Å². The summed E-state index contributed by atoms with van der Waals surface area (Å²) >= 11 is 5.97. The second kappa shape index (κ2) is 25.7. The molecule has 82 heavy (non-hydrogen) atoms. The fourth-order valence-corrected chi connectivity index (χ4v) is 12.2. The molecule has 9 rings (SSSR count). The van der Waals surface area contributed by atoms with Crippen molar-refractivity contribution in [2.24, 2.45) is 17.3 Å². The zero-order chi connectivity index (χ0) is 58.2. The van der Waals surface area contributed by atoms with Gasteiger partial charge in [-0.25, -0.2) is 18.4 Å². The lowest BCUT2D eigenvalue weighted by atomic mass is 9.59. The van der Waals surface area contributed by atoms with Crippen LogP contribution in [0.5, 0.6) is 23.0 Å². The molecule has 0 aromatic heterocycles. The van der Waals surface area contributed by atoms with Crippen molar-refractivity contribution >= 4 is 35.7 Å². The highest BCUT2D eigenvalue weighted by Crippen LogP contribution is 2.61. The van der Waals surface area contributed by atoms with Crippen molar-refractivity contribution in [3.63, 3.8) is 0 Å². The van der Waals surface area contributed by atoms with E-state index in [4.69, 9.17) is 35.3 Å². The molecule has 4 aliphatic rings. The maximum Gasteiger partial charge on any atom is 0.514 e. The molecule has 5 unspecified atom stereocenters. The molecular weight excluding hydrogens is 1090 g/mol. The number of rotatable bonds is 23. The van der Waals surface area contributed by atoms with E-state index in [1.54, 1.807) is 47.2 Å². The first-order valence-corrected chi connectivity index (χ1v) is 27.5. The van der Waals surface area contributed by atoms with Gasteiger partial charge in [-0.2, -0.15) is 0 Å². The summed E-state index contributed by atoms with van der Waals surface area (Å²) in [5, 5.41) is 19.5. The Morgan fingerprint density at radius 1 is 0.793 bits per heavy atom. The predicted octanol–water partition coefficient (Wildman–Crippen LogP) is 10.6. The van der Waals surface area contributed by atoms with Crippen molar-refractivity contribution in [1.29, 1.82) is 0 Å². The molecule has 5 aromatic carbocycles. The lowest BCUT2D eigenvalue weighted by molar-refractivity contribution is -0.763. The van der Waals surface area contributed by atoms with Crippen LogP contribution in [-0.2, 0) is 56.6 Å². The van der Waals surface area contributed by atoms with Gasteiger partial charge in [0.2, 0.25) is 11.8 Å². The molecule has 0 bridgehead atoms. The summed E-state index contributed by atoms with van der Waals surface area (Å²) < 4.78 is 56.6. The molecule has 434 valence electrons. The third-order valence-electron chi connectivity index (χ3n) is 15.8. The maximum atomic E-state index is 15.4. The van der Waals surface area contributed by atoms with Gasteiger partial charge in [0.1, 0.15) is 47.4 Å². The second-order valence-electron chi connectivity index (χ2n) is 21.3.